The zero-order chi connectivity index (χ0) is 10.0. The Morgan fingerprint density at radius 3 is 2.62 bits per heavy atom. The number of halogens is 3. The van der Waals surface area contributed by atoms with E-state index in [4.69, 9.17) is 5.73 Å². The largest absolute Gasteiger partial charge is 0.326 e. The molecule has 2 nitrogen and oxygen atoms in total. The lowest BCUT2D eigenvalue weighted by Crippen LogP contribution is -2.06. The van der Waals surface area contributed by atoms with Crippen LogP contribution in [0.2, 0.25) is 0 Å². The summed E-state index contributed by atoms with van der Waals surface area (Å²) < 4.78 is 25.3. The second-order valence-electron chi connectivity index (χ2n) is 2.60. The lowest BCUT2D eigenvalue weighted by molar-refractivity contribution is 0.145. The molecule has 0 aliphatic carbocycles. The third-order valence-corrected chi connectivity index (χ3v) is 2.69. The van der Waals surface area contributed by atoms with E-state index in [1.165, 1.54) is 6.07 Å². The second kappa shape index (κ2) is 4.28. The molecular formula is C8H9F2IN2. The molecule has 1 rings (SSSR count). The van der Waals surface area contributed by atoms with Gasteiger partial charge in [0.2, 0.25) is 0 Å². The highest BCUT2D eigenvalue weighted by Gasteiger charge is 2.13. The summed E-state index contributed by atoms with van der Waals surface area (Å²) in [6.45, 7) is 2.02. The van der Waals surface area contributed by atoms with Crippen molar-refractivity contribution in [3.05, 3.63) is 26.6 Å². The van der Waals surface area contributed by atoms with Crippen molar-refractivity contribution in [2.75, 3.05) is 0 Å². The van der Waals surface area contributed by atoms with Gasteiger partial charge >= 0.3 is 0 Å². The van der Waals surface area contributed by atoms with Crippen LogP contribution in [0.25, 0.3) is 0 Å². The number of alkyl halides is 2. The molecule has 5 heteroatoms. The third kappa shape index (κ3) is 2.34. The van der Waals surface area contributed by atoms with Gasteiger partial charge in [-0.25, -0.2) is 8.78 Å². The first kappa shape index (κ1) is 10.8. The Hall–Kier alpha value is -0.300. The molecule has 0 unspecified atom stereocenters. The van der Waals surface area contributed by atoms with Crippen LogP contribution in [0.5, 0.6) is 0 Å². The maximum absolute atomic E-state index is 12.3. The van der Waals surface area contributed by atoms with Gasteiger partial charge in [-0.15, -0.1) is 0 Å². The molecule has 2 N–H and O–H groups in total. The summed E-state index contributed by atoms with van der Waals surface area (Å²) >= 11 is 1.99. The Kier molecular flexibility index (Phi) is 3.55. The van der Waals surface area contributed by atoms with Crippen LogP contribution >= 0.6 is 22.6 Å². The summed E-state index contributed by atoms with van der Waals surface area (Å²) in [6, 6.07) is 1.38. The van der Waals surface area contributed by atoms with Crippen molar-refractivity contribution in [3.63, 3.8) is 0 Å². The molecule has 0 spiro atoms. The van der Waals surface area contributed by atoms with E-state index in [0.717, 1.165) is 9.13 Å². The molecule has 13 heavy (non-hydrogen) atoms. The van der Waals surface area contributed by atoms with E-state index < -0.39 is 6.43 Å². The molecule has 0 amide bonds. The van der Waals surface area contributed by atoms with Crippen molar-refractivity contribution in [1.29, 1.82) is 0 Å². The standard InChI is InChI=1S/C8H9F2IN2/c1-4-5(3-12)6(11)2-7(13-4)8(9)10/h2,8H,3,12H2,1H3. The first-order valence-electron chi connectivity index (χ1n) is 3.70. The Balaban J connectivity index is 3.20. The van der Waals surface area contributed by atoms with E-state index in [-0.39, 0.29) is 5.69 Å². The number of nitrogens with two attached hydrogens (primary N) is 1. The van der Waals surface area contributed by atoms with Gasteiger partial charge in [-0.05, 0) is 35.6 Å². The lowest BCUT2D eigenvalue weighted by atomic mass is 10.2. The van der Waals surface area contributed by atoms with Gasteiger partial charge in [0.25, 0.3) is 6.43 Å². The summed E-state index contributed by atoms with van der Waals surface area (Å²) in [5, 5.41) is 0. The highest BCUT2D eigenvalue weighted by Crippen LogP contribution is 2.22. The van der Waals surface area contributed by atoms with Crippen molar-refractivity contribution >= 4 is 22.6 Å². The predicted molar refractivity (Wildman–Crippen MR) is 54.5 cm³/mol. The molecule has 0 saturated carbocycles. The number of rotatable bonds is 2. The average molecular weight is 298 g/mol. The van der Waals surface area contributed by atoms with Gasteiger partial charge in [-0.3, -0.25) is 4.98 Å². The molecule has 0 atom stereocenters. The van der Waals surface area contributed by atoms with Crippen LogP contribution in [0.4, 0.5) is 8.78 Å². The van der Waals surface area contributed by atoms with Gasteiger partial charge in [0, 0.05) is 21.4 Å². The molecule has 1 heterocycles. The van der Waals surface area contributed by atoms with Gasteiger partial charge in [-0.2, -0.15) is 0 Å². The number of hydrogen-bond acceptors (Lipinski definition) is 2. The van der Waals surface area contributed by atoms with E-state index in [1.54, 1.807) is 6.92 Å². The first-order chi connectivity index (χ1) is 6.06. The zero-order valence-corrected chi connectivity index (χ0v) is 9.18. The monoisotopic (exact) mass is 298 g/mol. The third-order valence-electron chi connectivity index (χ3n) is 1.72. The Bertz CT molecular complexity index is 292. The van der Waals surface area contributed by atoms with Gasteiger partial charge in [0.15, 0.2) is 0 Å². The SMILES string of the molecule is Cc1nc(C(F)F)cc(I)c1CN. The molecule has 0 radical (unpaired) electrons. The van der Waals surface area contributed by atoms with Crippen LogP contribution in [-0.4, -0.2) is 4.98 Å². The lowest BCUT2D eigenvalue weighted by Gasteiger charge is -2.07. The molecule has 0 aliphatic rings. The predicted octanol–water partition coefficient (Wildman–Crippen LogP) is 2.39. The molecular weight excluding hydrogens is 289 g/mol. The number of nitrogens with zero attached hydrogens (tertiary/aromatic N) is 1. The normalized spacial score (nSPS) is 10.9. The highest BCUT2D eigenvalue weighted by molar-refractivity contribution is 14.1. The smallest absolute Gasteiger partial charge is 0.280 e. The Morgan fingerprint density at radius 1 is 1.62 bits per heavy atom. The molecule has 0 aliphatic heterocycles. The van der Waals surface area contributed by atoms with Crippen molar-refractivity contribution in [1.82, 2.24) is 4.98 Å². The fourth-order valence-corrected chi connectivity index (χ4v) is 1.97. The van der Waals surface area contributed by atoms with Crippen LogP contribution in [0.15, 0.2) is 6.07 Å². The minimum absolute atomic E-state index is 0.181. The van der Waals surface area contributed by atoms with Gasteiger partial charge in [-0.1, -0.05) is 0 Å². The number of hydrogen-bond donors (Lipinski definition) is 1. The molecule has 0 aromatic carbocycles. The fourth-order valence-electron chi connectivity index (χ4n) is 1.04. The van der Waals surface area contributed by atoms with E-state index >= 15 is 0 Å². The Labute approximate surface area is 88.7 Å². The summed E-state index contributed by atoms with van der Waals surface area (Å²) in [5.41, 5.74) is 6.69. The summed E-state index contributed by atoms with van der Waals surface area (Å²) in [5.74, 6) is 0. The highest BCUT2D eigenvalue weighted by atomic mass is 127. The number of aromatic nitrogens is 1. The van der Waals surface area contributed by atoms with Gasteiger partial charge < -0.3 is 5.73 Å². The van der Waals surface area contributed by atoms with Gasteiger partial charge in [0.1, 0.15) is 5.69 Å². The van der Waals surface area contributed by atoms with E-state index in [1.807, 2.05) is 22.6 Å². The van der Waals surface area contributed by atoms with Gasteiger partial charge in [0.05, 0.1) is 0 Å². The molecule has 1 aromatic rings. The topological polar surface area (TPSA) is 38.9 Å². The van der Waals surface area contributed by atoms with Crippen molar-refractivity contribution in [2.45, 2.75) is 19.9 Å². The van der Waals surface area contributed by atoms with Crippen molar-refractivity contribution < 1.29 is 8.78 Å². The van der Waals surface area contributed by atoms with Crippen LogP contribution in [0.1, 0.15) is 23.4 Å². The molecule has 1 aromatic heterocycles. The Morgan fingerprint density at radius 2 is 2.23 bits per heavy atom. The zero-order valence-electron chi connectivity index (χ0n) is 7.02. The summed E-state index contributed by atoms with van der Waals surface area (Å²) in [7, 11) is 0. The minimum Gasteiger partial charge on any atom is -0.326 e. The van der Waals surface area contributed by atoms with E-state index in [9.17, 15) is 8.78 Å². The second-order valence-corrected chi connectivity index (χ2v) is 3.76. The quantitative estimate of drug-likeness (QED) is 0.852. The molecule has 0 fully saturated rings. The van der Waals surface area contributed by atoms with Crippen molar-refractivity contribution in [3.8, 4) is 0 Å². The first-order valence-corrected chi connectivity index (χ1v) is 4.78. The molecule has 0 bridgehead atoms. The maximum atomic E-state index is 12.3. The van der Waals surface area contributed by atoms with Crippen LogP contribution in [0, 0.1) is 10.5 Å². The minimum atomic E-state index is -2.51. The van der Waals surface area contributed by atoms with Crippen LogP contribution in [-0.2, 0) is 6.54 Å². The number of pyridine rings is 1. The average Bonchev–Trinajstić information content (AvgIpc) is 2.03. The summed E-state index contributed by atoms with van der Waals surface area (Å²) in [4.78, 5) is 3.77. The van der Waals surface area contributed by atoms with E-state index in [0.29, 0.717) is 12.2 Å². The maximum Gasteiger partial charge on any atom is 0.280 e. The number of aryl methyl sites for hydroxylation is 1. The molecule has 0 saturated heterocycles. The molecule has 72 valence electrons. The summed E-state index contributed by atoms with van der Waals surface area (Å²) in [6.07, 6.45) is -2.51. The van der Waals surface area contributed by atoms with E-state index in [2.05, 4.69) is 4.98 Å². The van der Waals surface area contributed by atoms with Crippen LogP contribution < -0.4 is 5.73 Å². The van der Waals surface area contributed by atoms with Crippen molar-refractivity contribution in [2.24, 2.45) is 5.73 Å². The van der Waals surface area contributed by atoms with Crippen LogP contribution in [0.3, 0.4) is 0 Å². The fraction of sp³-hybridized carbons (Fsp3) is 0.375.